The van der Waals surface area contributed by atoms with E-state index in [2.05, 4.69) is 51.5 Å². The second-order valence-electron chi connectivity index (χ2n) is 7.18. The average Bonchev–Trinajstić information content (AvgIpc) is 2.25. The third kappa shape index (κ3) is 4.18. The minimum absolute atomic E-state index is 0.0792. The minimum Gasteiger partial charge on any atom is -0.480 e. The summed E-state index contributed by atoms with van der Waals surface area (Å²) in [7, 11) is 1.73. The van der Waals surface area contributed by atoms with Crippen LogP contribution < -0.4 is 4.90 Å². The number of aliphatic carboxylic acids is 1. The fourth-order valence-corrected chi connectivity index (χ4v) is 1.63. The SMILES string of the molecule is CN(CC(=O)O)c1cc(C(C)(C)C)nc(C(C)(C)C)n1. The van der Waals surface area contributed by atoms with Crippen LogP contribution >= 0.6 is 0 Å². The van der Waals surface area contributed by atoms with Crippen molar-refractivity contribution in [2.75, 3.05) is 18.5 Å². The highest BCUT2D eigenvalue weighted by molar-refractivity contribution is 5.73. The maximum atomic E-state index is 10.9. The highest BCUT2D eigenvalue weighted by Crippen LogP contribution is 2.27. The van der Waals surface area contributed by atoms with E-state index in [0.29, 0.717) is 5.82 Å². The molecule has 0 aliphatic rings. The van der Waals surface area contributed by atoms with Crippen molar-refractivity contribution in [1.29, 1.82) is 0 Å². The van der Waals surface area contributed by atoms with Gasteiger partial charge in [0.2, 0.25) is 0 Å². The lowest BCUT2D eigenvalue weighted by Gasteiger charge is -2.26. The lowest BCUT2D eigenvalue weighted by Crippen LogP contribution is -2.29. The van der Waals surface area contributed by atoms with Crippen LogP contribution in [0.15, 0.2) is 6.07 Å². The van der Waals surface area contributed by atoms with Crippen molar-refractivity contribution in [2.45, 2.75) is 52.4 Å². The van der Waals surface area contributed by atoms with Crippen LogP contribution in [0.3, 0.4) is 0 Å². The molecule has 5 nitrogen and oxygen atoms in total. The van der Waals surface area contributed by atoms with Crippen LogP contribution in [0.25, 0.3) is 0 Å². The zero-order valence-corrected chi connectivity index (χ0v) is 13.5. The molecule has 0 saturated carbocycles. The molecule has 1 aromatic rings. The van der Waals surface area contributed by atoms with Crippen LogP contribution in [0.5, 0.6) is 0 Å². The standard InChI is InChI=1S/C15H25N3O2/c1-14(2,3)10-8-11(18(7)9-12(19)20)17-13(16-10)15(4,5)6/h8H,9H2,1-7H3,(H,19,20). The second kappa shape index (κ2) is 5.38. The molecule has 0 aliphatic carbocycles. The van der Waals surface area contributed by atoms with Crippen molar-refractivity contribution in [3.05, 3.63) is 17.6 Å². The molecular weight excluding hydrogens is 254 g/mol. The van der Waals surface area contributed by atoms with E-state index < -0.39 is 5.97 Å². The van der Waals surface area contributed by atoms with Crippen LogP contribution in [0, 0.1) is 0 Å². The van der Waals surface area contributed by atoms with Gasteiger partial charge in [0.05, 0.1) is 5.69 Å². The molecule has 0 saturated heterocycles. The fourth-order valence-electron chi connectivity index (χ4n) is 1.63. The number of aromatic nitrogens is 2. The summed E-state index contributed by atoms with van der Waals surface area (Å²) in [6, 6.07) is 1.87. The second-order valence-corrected chi connectivity index (χ2v) is 7.18. The first-order chi connectivity index (χ1) is 8.91. The number of hydrogen-bond donors (Lipinski definition) is 1. The molecule has 0 atom stereocenters. The topological polar surface area (TPSA) is 66.3 Å². The average molecular weight is 279 g/mol. The smallest absolute Gasteiger partial charge is 0.323 e. The minimum atomic E-state index is -0.874. The Labute approximate surface area is 121 Å². The predicted octanol–water partition coefficient (Wildman–Crippen LogP) is 2.59. The van der Waals surface area contributed by atoms with Crippen molar-refractivity contribution < 1.29 is 9.90 Å². The van der Waals surface area contributed by atoms with Crippen LogP contribution in [-0.4, -0.2) is 34.6 Å². The lowest BCUT2D eigenvalue weighted by atomic mass is 9.90. The summed E-state index contributed by atoms with van der Waals surface area (Å²) in [4.78, 5) is 21.7. The maximum absolute atomic E-state index is 10.9. The molecule has 0 amide bonds. The first kappa shape index (κ1) is 16.4. The summed E-state index contributed by atoms with van der Waals surface area (Å²) in [5.74, 6) is 0.509. The first-order valence-corrected chi connectivity index (χ1v) is 6.74. The summed E-state index contributed by atoms with van der Waals surface area (Å²) in [6.07, 6.45) is 0. The molecule has 1 aromatic heterocycles. The number of likely N-dealkylation sites (N-methyl/N-ethyl adjacent to an activating group) is 1. The summed E-state index contributed by atoms with van der Waals surface area (Å²) >= 11 is 0. The predicted molar refractivity (Wildman–Crippen MR) is 80.3 cm³/mol. The van der Waals surface area contributed by atoms with Crippen LogP contribution in [0.4, 0.5) is 5.82 Å². The molecule has 0 bridgehead atoms. The van der Waals surface area contributed by atoms with Crippen molar-refractivity contribution in [1.82, 2.24) is 9.97 Å². The van der Waals surface area contributed by atoms with E-state index in [4.69, 9.17) is 5.11 Å². The molecular formula is C15H25N3O2. The molecule has 1 heterocycles. The third-order valence-electron chi connectivity index (χ3n) is 2.92. The summed E-state index contributed by atoms with van der Waals surface area (Å²) in [5.41, 5.74) is 0.631. The highest BCUT2D eigenvalue weighted by Gasteiger charge is 2.24. The van der Waals surface area contributed by atoms with Crippen molar-refractivity contribution in [3.8, 4) is 0 Å². The Morgan fingerprint density at radius 2 is 1.70 bits per heavy atom. The maximum Gasteiger partial charge on any atom is 0.323 e. The van der Waals surface area contributed by atoms with E-state index in [9.17, 15) is 4.79 Å². The molecule has 0 spiro atoms. The lowest BCUT2D eigenvalue weighted by molar-refractivity contribution is -0.135. The van der Waals surface area contributed by atoms with Crippen molar-refractivity contribution >= 4 is 11.8 Å². The van der Waals surface area contributed by atoms with Gasteiger partial charge in [-0.3, -0.25) is 4.79 Å². The fraction of sp³-hybridized carbons (Fsp3) is 0.667. The van der Waals surface area contributed by atoms with E-state index in [-0.39, 0.29) is 17.4 Å². The van der Waals surface area contributed by atoms with Gasteiger partial charge in [-0.15, -0.1) is 0 Å². The summed E-state index contributed by atoms with van der Waals surface area (Å²) in [6.45, 7) is 12.3. The largest absolute Gasteiger partial charge is 0.480 e. The van der Waals surface area contributed by atoms with Gasteiger partial charge in [-0.25, -0.2) is 9.97 Å². The molecule has 1 rings (SSSR count). The van der Waals surface area contributed by atoms with E-state index >= 15 is 0 Å². The van der Waals surface area contributed by atoms with Gasteiger partial charge in [0.25, 0.3) is 0 Å². The Kier molecular flexibility index (Phi) is 4.42. The number of carboxylic acid groups (broad SMARTS) is 1. The third-order valence-corrected chi connectivity index (χ3v) is 2.92. The van der Waals surface area contributed by atoms with Crippen LogP contribution in [0.2, 0.25) is 0 Å². The monoisotopic (exact) mass is 279 g/mol. The zero-order valence-electron chi connectivity index (χ0n) is 13.5. The molecule has 0 aromatic carbocycles. The molecule has 5 heteroatoms. The Balaban J connectivity index is 3.34. The van der Waals surface area contributed by atoms with Crippen molar-refractivity contribution in [3.63, 3.8) is 0 Å². The van der Waals surface area contributed by atoms with E-state index in [0.717, 1.165) is 11.5 Å². The van der Waals surface area contributed by atoms with Gasteiger partial charge in [-0.2, -0.15) is 0 Å². The quantitative estimate of drug-likeness (QED) is 0.921. The molecule has 0 fully saturated rings. The van der Waals surface area contributed by atoms with E-state index in [1.165, 1.54) is 0 Å². The molecule has 20 heavy (non-hydrogen) atoms. The Hall–Kier alpha value is -1.65. The Morgan fingerprint density at radius 1 is 1.15 bits per heavy atom. The van der Waals surface area contributed by atoms with Gasteiger partial charge < -0.3 is 10.0 Å². The number of hydrogen-bond acceptors (Lipinski definition) is 4. The van der Waals surface area contributed by atoms with Gasteiger partial charge in [-0.1, -0.05) is 41.5 Å². The van der Waals surface area contributed by atoms with Crippen LogP contribution in [0.1, 0.15) is 53.1 Å². The number of nitrogens with zero attached hydrogens (tertiary/aromatic N) is 3. The van der Waals surface area contributed by atoms with Gasteiger partial charge in [0, 0.05) is 23.9 Å². The molecule has 112 valence electrons. The molecule has 1 N–H and O–H groups in total. The highest BCUT2D eigenvalue weighted by atomic mass is 16.4. The summed E-state index contributed by atoms with van der Waals surface area (Å²) < 4.78 is 0. The number of anilines is 1. The summed E-state index contributed by atoms with van der Waals surface area (Å²) in [5, 5.41) is 8.92. The van der Waals surface area contributed by atoms with E-state index in [1.807, 2.05) is 6.07 Å². The number of carboxylic acids is 1. The normalized spacial score (nSPS) is 12.3. The van der Waals surface area contributed by atoms with Gasteiger partial charge in [-0.05, 0) is 0 Å². The molecule has 0 radical (unpaired) electrons. The number of carbonyl (C=O) groups is 1. The molecule has 0 aliphatic heterocycles. The molecule has 0 unspecified atom stereocenters. The zero-order chi connectivity index (χ0) is 15.7. The van der Waals surface area contributed by atoms with Crippen molar-refractivity contribution in [2.24, 2.45) is 0 Å². The van der Waals surface area contributed by atoms with E-state index in [1.54, 1.807) is 11.9 Å². The van der Waals surface area contributed by atoms with Gasteiger partial charge in [0.1, 0.15) is 18.2 Å². The van der Waals surface area contributed by atoms with Gasteiger partial charge >= 0.3 is 5.97 Å². The Bertz CT molecular complexity index is 467. The van der Waals surface area contributed by atoms with Crippen LogP contribution in [-0.2, 0) is 15.6 Å². The first-order valence-electron chi connectivity index (χ1n) is 6.74. The van der Waals surface area contributed by atoms with Gasteiger partial charge in [0.15, 0.2) is 0 Å². The Morgan fingerprint density at radius 3 is 2.10 bits per heavy atom. The number of rotatable bonds is 3.